The number of carbonyl (C=O) groups is 1. The average molecular weight is 389 g/mol. The van der Waals surface area contributed by atoms with Crippen LogP contribution in [0.3, 0.4) is 0 Å². The first-order valence-corrected chi connectivity index (χ1v) is 10.7. The number of unbranched alkanes of at least 4 members (excludes halogenated alkanes) is 1. The van der Waals surface area contributed by atoms with E-state index in [4.69, 9.17) is 9.47 Å². The van der Waals surface area contributed by atoms with E-state index in [0.717, 1.165) is 55.7 Å². The van der Waals surface area contributed by atoms with Crippen LogP contribution in [0.5, 0.6) is 11.5 Å². The van der Waals surface area contributed by atoms with Crippen LogP contribution >= 0.6 is 0 Å². The van der Waals surface area contributed by atoms with Crippen LogP contribution in [0, 0.1) is 0 Å². The Morgan fingerprint density at radius 2 is 1.82 bits per heavy atom. The van der Waals surface area contributed by atoms with Crippen LogP contribution in [-0.2, 0) is 11.2 Å². The van der Waals surface area contributed by atoms with Crippen LogP contribution in [0.1, 0.15) is 72.3 Å². The lowest BCUT2D eigenvalue weighted by atomic mass is 9.79. The van der Waals surface area contributed by atoms with Gasteiger partial charge in [-0.05, 0) is 71.1 Å². The number of hydrogen-bond donors (Lipinski definition) is 1. The van der Waals surface area contributed by atoms with Gasteiger partial charge in [-0.1, -0.05) is 19.4 Å². The van der Waals surface area contributed by atoms with Crippen molar-refractivity contribution in [1.82, 2.24) is 10.2 Å². The molecule has 1 amide bonds. The summed E-state index contributed by atoms with van der Waals surface area (Å²) in [5.41, 5.74) is 1.20. The highest BCUT2D eigenvalue weighted by molar-refractivity contribution is 5.77. The van der Waals surface area contributed by atoms with Crippen LogP contribution in [0.4, 0.5) is 0 Å². The maximum absolute atomic E-state index is 13.2. The SMILES string of the molecule is CCCCN(C(=O)CCc1ccc2c(c1)OCO2)C1CC(C)(C)NC(C)(C)C1. The smallest absolute Gasteiger partial charge is 0.231 e. The number of ether oxygens (including phenoxy) is 2. The number of rotatable bonds is 7. The molecule has 1 fully saturated rings. The van der Waals surface area contributed by atoms with E-state index in [0.29, 0.717) is 12.5 Å². The number of fused-ring (bicyclic) bond motifs is 1. The summed E-state index contributed by atoms with van der Waals surface area (Å²) in [5.74, 6) is 1.85. The quantitative estimate of drug-likeness (QED) is 0.757. The molecule has 5 heteroatoms. The molecule has 0 aromatic heterocycles. The highest BCUT2D eigenvalue weighted by atomic mass is 16.7. The van der Waals surface area contributed by atoms with Crippen molar-refractivity contribution >= 4 is 5.91 Å². The lowest BCUT2D eigenvalue weighted by Crippen LogP contribution is -2.62. The van der Waals surface area contributed by atoms with E-state index in [9.17, 15) is 4.79 Å². The summed E-state index contributed by atoms with van der Waals surface area (Å²) in [4.78, 5) is 15.4. The van der Waals surface area contributed by atoms with Crippen LogP contribution in [0.2, 0.25) is 0 Å². The third-order valence-corrected chi connectivity index (χ3v) is 5.75. The van der Waals surface area contributed by atoms with Gasteiger partial charge in [-0.25, -0.2) is 0 Å². The van der Waals surface area contributed by atoms with Gasteiger partial charge in [0.15, 0.2) is 11.5 Å². The first-order chi connectivity index (χ1) is 13.2. The molecular formula is C23H36N2O3. The Morgan fingerprint density at radius 1 is 1.14 bits per heavy atom. The first kappa shape index (κ1) is 21.0. The van der Waals surface area contributed by atoms with E-state index in [1.807, 2.05) is 18.2 Å². The zero-order valence-electron chi connectivity index (χ0n) is 18.1. The average Bonchev–Trinajstić information content (AvgIpc) is 3.05. The van der Waals surface area contributed by atoms with Crippen molar-refractivity contribution < 1.29 is 14.3 Å². The Kier molecular flexibility index (Phi) is 6.23. The van der Waals surface area contributed by atoms with Gasteiger partial charge in [0.25, 0.3) is 0 Å². The molecule has 2 aliphatic heterocycles. The maximum atomic E-state index is 13.2. The van der Waals surface area contributed by atoms with Crippen molar-refractivity contribution in [2.75, 3.05) is 13.3 Å². The van der Waals surface area contributed by atoms with Gasteiger partial charge in [0.2, 0.25) is 12.7 Å². The normalized spacial score (nSPS) is 20.2. The zero-order chi connectivity index (χ0) is 20.4. The largest absolute Gasteiger partial charge is 0.454 e. The van der Waals surface area contributed by atoms with Crippen molar-refractivity contribution in [3.63, 3.8) is 0 Å². The molecule has 1 N–H and O–H groups in total. The summed E-state index contributed by atoms with van der Waals surface area (Å²) in [6, 6.07) is 6.27. The molecule has 0 saturated carbocycles. The molecular weight excluding hydrogens is 352 g/mol. The molecule has 0 atom stereocenters. The van der Waals surface area contributed by atoms with E-state index in [2.05, 4.69) is 44.8 Å². The van der Waals surface area contributed by atoms with E-state index in [1.165, 1.54) is 0 Å². The Hall–Kier alpha value is -1.75. The molecule has 2 heterocycles. The first-order valence-electron chi connectivity index (χ1n) is 10.7. The number of nitrogens with zero attached hydrogens (tertiary/aromatic N) is 1. The second-order valence-electron chi connectivity index (χ2n) is 9.58. The summed E-state index contributed by atoms with van der Waals surface area (Å²) < 4.78 is 10.8. The Balaban J connectivity index is 1.67. The van der Waals surface area contributed by atoms with Crippen molar-refractivity contribution in [3.8, 4) is 11.5 Å². The Bertz CT molecular complexity index is 683. The number of nitrogens with one attached hydrogen (secondary N) is 1. The molecule has 0 bridgehead atoms. The molecule has 1 aromatic carbocycles. The molecule has 0 spiro atoms. The van der Waals surface area contributed by atoms with Gasteiger partial charge in [-0.3, -0.25) is 4.79 Å². The second kappa shape index (κ2) is 8.32. The van der Waals surface area contributed by atoms with Gasteiger partial charge in [0.1, 0.15) is 0 Å². The lowest BCUT2D eigenvalue weighted by Gasteiger charge is -2.49. The summed E-state index contributed by atoms with van der Waals surface area (Å²) in [6.45, 7) is 12.3. The molecule has 28 heavy (non-hydrogen) atoms. The number of amides is 1. The number of benzene rings is 1. The van der Waals surface area contributed by atoms with Crippen LogP contribution in [-0.4, -0.2) is 41.3 Å². The minimum absolute atomic E-state index is 0.0362. The molecule has 1 saturated heterocycles. The van der Waals surface area contributed by atoms with Gasteiger partial charge in [0.05, 0.1) is 0 Å². The van der Waals surface area contributed by atoms with E-state index >= 15 is 0 Å². The van der Waals surface area contributed by atoms with E-state index in [-0.39, 0.29) is 23.8 Å². The van der Waals surface area contributed by atoms with E-state index in [1.54, 1.807) is 0 Å². The lowest BCUT2D eigenvalue weighted by molar-refractivity contribution is -0.135. The van der Waals surface area contributed by atoms with Crippen LogP contribution in [0.15, 0.2) is 18.2 Å². The minimum atomic E-state index is 0.0362. The molecule has 0 radical (unpaired) electrons. The molecule has 156 valence electrons. The van der Waals surface area contributed by atoms with Gasteiger partial charge in [-0.15, -0.1) is 0 Å². The Labute approximate surface area is 169 Å². The standard InChI is InChI=1S/C23H36N2O3/c1-6-7-12-25(18-14-22(2,3)24-23(4,5)15-18)21(26)11-9-17-8-10-19-20(13-17)28-16-27-19/h8,10,13,18,24H,6-7,9,11-12,14-16H2,1-5H3. The molecule has 5 nitrogen and oxygen atoms in total. The number of aryl methyl sites for hydroxylation is 1. The highest BCUT2D eigenvalue weighted by Crippen LogP contribution is 2.34. The number of hydrogen-bond acceptors (Lipinski definition) is 4. The van der Waals surface area contributed by atoms with Gasteiger partial charge in [0, 0.05) is 30.1 Å². The summed E-state index contributed by atoms with van der Waals surface area (Å²) in [7, 11) is 0. The summed E-state index contributed by atoms with van der Waals surface area (Å²) in [5, 5.41) is 3.73. The fourth-order valence-corrected chi connectivity index (χ4v) is 4.82. The number of piperidine rings is 1. The predicted molar refractivity (Wildman–Crippen MR) is 112 cm³/mol. The Morgan fingerprint density at radius 3 is 2.50 bits per heavy atom. The topological polar surface area (TPSA) is 50.8 Å². The zero-order valence-corrected chi connectivity index (χ0v) is 18.1. The monoisotopic (exact) mass is 388 g/mol. The number of carbonyl (C=O) groups excluding carboxylic acids is 1. The molecule has 2 aliphatic rings. The van der Waals surface area contributed by atoms with Crippen LogP contribution < -0.4 is 14.8 Å². The van der Waals surface area contributed by atoms with E-state index < -0.39 is 0 Å². The highest BCUT2D eigenvalue weighted by Gasteiger charge is 2.40. The fraction of sp³-hybridized carbons (Fsp3) is 0.696. The summed E-state index contributed by atoms with van der Waals surface area (Å²) in [6.07, 6.45) is 5.42. The van der Waals surface area contributed by atoms with Crippen LogP contribution in [0.25, 0.3) is 0 Å². The molecule has 3 rings (SSSR count). The van der Waals surface area contributed by atoms with Gasteiger partial charge < -0.3 is 19.7 Å². The van der Waals surface area contributed by atoms with Crippen molar-refractivity contribution in [3.05, 3.63) is 23.8 Å². The maximum Gasteiger partial charge on any atom is 0.231 e. The predicted octanol–water partition coefficient (Wildman–Crippen LogP) is 4.29. The van der Waals surface area contributed by atoms with Gasteiger partial charge >= 0.3 is 0 Å². The third-order valence-electron chi connectivity index (χ3n) is 5.75. The third kappa shape index (κ3) is 5.19. The second-order valence-corrected chi connectivity index (χ2v) is 9.58. The van der Waals surface area contributed by atoms with Crippen molar-refractivity contribution in [1.29, 1.82) is 0 Å². The minimum Gasteiger partial charge on any atom is -0.454 e. The fourth-order valence-electron chi connectivity index (χ4n) is 4.82. The molecule has 1 aromatic rings. The summed E-state index contributed by atoms with van der Waals surface area (Å²) >= 11 is 0. The van der Waals surface area contributed by atoms with Crippen molar-refractivity contribution in [2.45, 2.75) is 90.3 Å². The molecule has 0 unspecified atom stereocenters. The van der Waals surface area contributed by atoms with Crippen molar-refractivity contribution in [2.24, 2.45) is 0 Å². The van der Waals surface area contributed by atoms with Gasteiger partial charge in [-0.2, -0.15) is 0 Å². The molecule has 0 aliphatic carbocycles.